The van der Waals surface area contributed by atoms with Crippen LogP contribution in [0.5, 0.6) is 0 Å². The highest BCUT2D eigenvalue weighted by Crippen LogP contribution is 2.54. The maximum Gasteiger partial charge on any atom is 0.179 e. The lowest BCUT2D eigenvalue weighted by Crippen LogP contribution is -2.12. The van der Waals surface area contributed by atoms with E-state index in [-0.39, 0.29) is 16.6 Å². The molecule has 2 nitrogen and oxygen atoms in total. The van der Waals surface area contributed by atoms with Crippen molar-refractivity contribution in [3.8, 4) is 0 Å². The summed E-state index contributed by atoms with van der Waals surface area (Å²) >= 11 is 11.8. The van der Waals surface area contributed by atoms with E-state index in [2.05, 4.69) is 0 Å². The van der Waals surface area contributed by atoms with Crippen LogP contribution in [0, 0.1) is 11.7 Å². The fraction of sp³-hybridized carbons (Fsp3) is 0.286. The smallest absolute Gasteiger partial charge is 0.179 e. The van der Waals surface area contributed by atoms with Gasteiger partial charge in [-0.3, -0.25) is 0 Å². The van der Waals surface area contributed by atoms with Crippen LogP contribution in [0.2, 0.25) is 0 Å². The maximum atomic E-state index is 13.7. The molecule has 1 atom stereocenters. The van der Waals surface area contributed by atoms with Crippen molar-refractivity contribution < 1.29 is 12.8 Å². The molecule has 0 aromatic heterocycles. The molecule has 6 heteroatoms. The highest BCUT2D eigenvalue weighted by molar-refractivity contribution is 7.91. The molecule has 0 spiro atoms. The van der Waals surface area contributed by atoms with Crippen molar-refractivity contribution in [2.45, 2.75) is 15.6 Å². The third kappa shape index (κ3) is 2.41. The van der Waals surface area contributed by atoms with Crippen LogP contribution >= 0.6 is 23.2 Å². The van der Waals surface area contributed by atoms with Crippen molar-refractivity contribution in [2.24, 2.45) is 5.92 Å². The number of hydrogen-bond donors (Lipinski definition) is 0. The van der Waals surface area contributed by atoms with Crippen LogP contribution in [0.15, 0.2) is 41.3 Å². The summed E-state index contributed by atoms with van der Waals surface area (Å²) in [5.74, 6) is -0.815. The molecule has 0 heterocycles. The zero-order valence-corrected chi connectivity index (χ0v) is 12.6. The minimum atomic E-state index is -3.55. The van der Waals surface area contributed by atoms with Gasteiger partial charge in [-0.25, -0.2) is 12.8 Å². The lowest BCUT2D eigenvalue weighted by atomic mass is 10.1. The average molecular weight is 333 g/mol. The van der Waals surface area contributed by atoms with Gasteiger partial charge in [0.05, 0.1) is 10.6 Å². The van der Waals surface area contributed by atoms with Crippen molar-refractivity contribution in [3.63, 3.8) is 0 Å². The first-order chi connectivity index (χ1) is 9.31. The second-order valence-electron chi connectivity index (χ2n) is 5.03. The van der Waals surface area contributed by atoms with E-state index in [9.17, 15) is 12.8 Å². The van der Waals surface area contributed by atoms with E-state index in [4.69, 9.17) is 23.2 Å². The first kappa shape index (κ1) is 14.1. The maximum absolute atomic E-state index is 13.7. The summed E-state index contributed by atoms with van der Waals surface area (Å²) in [6.07, 6.45) is 0.467. The van der Waals surface area contributed by atoms with Crippen molar-refractivity contribution >= 4 is 43.8 Å². The highest BCUT2D eigenvalue weighted by atomic mass is 35.5. The Morgan fingerprint density at radius 3 is 2.35 bits per heavy atom. The molecule has 1 saturated carbocycles. The predicted octanol–water partition coefficient (Wildman–Crippen LogP) is 3.95. The largest absolute Gasteiger partial charge is 0.224 e. The molecule has 106 valence electrons. The molecule has 1 unspecified atom stereocenters. The van der Waals surface area contributed by atoms with Gasteiger partial charge in [-0.2, -0.15) is 0 Å². The Hall–Kier alpha value is -0.840. The van der Waals surface area contributed by atoms with Gasteiger partial charge in [0, 0.05) is 16.7 Å². The predicted molar refractivity (Wildman–Crippen MR) is 78.5 cm³/mol. The molecular formula is C14H11Cl2FO2S. The van der Waals surface area contributed by atoms with Crippen molar-refractivity contribution in [2.75, 3.05) is 5.75 Å². The molecule has 2 aromatic rings. The van der Waals surface area contributed by atoms with Crippen LogP contribution in [0.25, 0.3) is 10.8 Å². The molecule has 3 rings (SSSR count). The third-order valence-electron chi connectivity index (χ3n) is 3.54. The molecule has 2 aromatic carbocycles. The first-order valence-electron chi connectivity index (χ1n) is 6.09. The summed E-state index contributed by atoms with van der Waals surface area (Å²) in [7, 11) is -3.55. The van der Waals surface area contributed by atoms with E-state index < -0.39 is 20.0 Å². The summed E-state index contributed by atoms with van der Waals surface area (Å²) < 4.78 is 37.7. The van der Waals surface area contributed by atoms with Crippen LogP contribution in [-0.4, -0.2) is 18.5 Å². The van der Waals surface area contributed by atoms with E-state index in [1.807, 2.05) is 0 Å². The zero-order chi connectivity index (χ0) is 14.5. The number of rotatable bonds is 3. The second kappa shape index (κ2) is 4.58. The number of alkyl halides is 2. The van der Waals surface area contributed by atoms with E-state index in [1.165, 1.54) is 12.1 Å². The molecule has 20 heavy (non-hydrogen) atoms. The molecule has 1 fully saturated rings. The normalized spacial score (nSPS) is 21.1. The van der Waals surface area contributed by atoms with Crippen LogP contribution in [0.4, 0.5) is 4.39 Å². The summed E-state index contributed by atoms with van der Waals surface area (Å²) in [5, 5.41) is 0.690. The summed E-state index contributed by atoms with van der Waals surface area (Å²) in [6, 6.07) is 9.01. The van der Waals surface area contributed by atoms with Gasteiger partial charge in [-0.1, -0.05) is 24.3 Å². The van der Waals surface area contributed by atoms with Gasteiger partial charge in [0.1, 0.15) is 10.2 Å². The van der Waals surface area contributed by atoms with Crippen LogP contribution in [0.3, 0.4) is 0 Å². The number of benzene rings is 2. The van der Waals surface area contributed by atoms with Gasteiger partial charge >= 0.3 is 0 Å². The Kier molecular flexibility index (Phi) is 3.23. The van der Waals surface area contributed by atoms with Gasteiger partial charge in [0.25, 0.3) is 0 Å². The highest BCUT2D eigenvalue weighted by Gasteiger charge is 2.53. The van der Waals surface area contributed by atoms with Gasteiger partial charge in [-0.15, -0.1) is 23.2 Å². The molecule has 0 radical (unpaired) electrons. The van der Waals surface area contributed by atoms with Gasteiger partial charge in [-0.05, 0) is 18.6 Å². The summed E-state index contributed by atoms with van der Waals surface area (Å²) in [5.41, 5.74) is 0. The second-order valence-corrected chi connectivity index (χ2v) is 8.58. The van der Waals surface area contributed by atoms with Gasteiger partial charge in [0.15, 0.2) is 9.84 Å². The van der Waals surface area contributed by atoms with E-state index >= 15 is 0 Å². The quantitative estimate of drug-likeness (QED) is 0.630. The van der Waals surface area contributed by atoms with Gasteiger partial charge in [0.2, 0.25) is 0 Å². The molecule has 0 N–H and O–H groups in total. The van der Waals surface area contributed by atoms with Crippen LogP contribution < -0.4 is 0 Å². The molecule has 1 aliphatic carbocycles. The van der Waals surface area contributed by atoms with Gasteiger partial charge < -0.3 is 0 Å². The fourth-order valence-electron chi connectivity index (χ4n) is 2.31. The average Bonchev–Trinajstić information content (AvgIpc) is 2.95. The zero-order valence-electron chi connectivity index (χ0n) is 10.3. The van der Waals surface area contributed by atoms with Crippen LogP contribution in [0.1, 0.15) is 6.42 Å². The van der Waals surface area contributed by atoms with Crippen molar-refractivity contribution in [1.29, 1.82) is 0 Å². The molecule has 0 aliphatic heterocycles. The fourth-order valence-corrected chi connectivity index (χ4v) is 4.92. The van der Waals surface area contributed by atoms with E-state index in [0.29, 0.717) is 17.2 Å². The molecule has 1 aliphatic rings. The molecular weight excluding hydrogens is 322 g/mol. The molecule has 0 bridgehead atoms. The Morgan fingerprint density at radius 1 is 1.15 bits per heavy atom. The minimum absolute atomic E-state index is 0.115. The number of sulfone groups is 1. The molecule has 0 amide bonds. The lowest BCUT2D eigenvalue weighted by molar-refractivity contribution is 0.592. The Bertz CT molecular complexity index is 787. The lowest BCUT2D eigenvalue weighted by Gasteiger charge is -2.09. The number of fused-ring (bicyclic) bond motifs is 1. The monoisotopic (exact) mass is 332 g/mol. The minimum Gasteiger partial charge on any atom is -0.224 e. The van der Waals surface area contributed by atoms with E-state index in [1.54, 1.807) is 24.3 Å². The SMILES string of the molecule is O=S(=O)(CC1CC1(Cl)Cl)c1ccc(F)c2ccccc12. The van der Waals surface area contributed by atoms with Crippen LogP contribution in [-0.2, 0) is 9.84 Å². The number of halogens is 3. The van der Waals surface area contributed by atoms with E-state index in [0.717, 1.165) is 0 Å². The summed E-state index contributed by atoms with van der Waals surface area (Å²) in [6.45, 7) is 0. The topological polar surface area (TPSA) is 34.1 Å². The summed E-state index contributed by atoms with van der Waals surface area (Å²) in [4.78, 5) is 0.130. The third-order valence-corrected chi connectivity index (χ3v) is 6.34. The standard InChI is InChI=1S/C14H11Cl2FO2S/c15-14(16)7-9(14)8-20(18,19)13-6-5-12(17)10-3-1-2-4-11(10)13/h1-6,9H,7-8H2. The Balaban J connectivity index is 2.08. The molecule has 0 saturated heterocycles. The van der Waals surface area contributed by atoms with Crippen molar-refractivity contribution in [1.82, 2.24) is 0 Å². The first-order valence-corrected chi connectivity index (χ1v) is 8.50. The van der Waals surface area contributed by atoms with Crippen molar-refractivity contribution in [3.05, 3.63) is 42.2 Å². The Labute approximate surface area is 126 Å². The Morgan fingerprint density at radius 2 is 1.75 bits per heavy atom. The number of hydrogen-bond acceptors (Lipinski definition) is 2.